The fraction of sp³-hybridized carbons (Fsp3) is 0.588. The number of carbonyl (C=O) groups excluding carboxylic acids is 1. The van der Waals surface area contributed by atoms with Crippen LogP contribution in [0.2, 0.25) is 0 Å². The van der Waals surface area contributed by atoms with Gasteiger partial charge in [-0.15, -0.1) is 0 Å². The summed E-state index contributed by atoms with van der Waals surface area (Å²) in [4.78, 5) is 19.5. The van der Waals surface area contributed by atoms with Gasteiger partial charge in [0.1, 0.15) is 0 Å². The maximum atomic E-state index is 12.9. The van der Waals surface area contributed by atoms with Gasteiger partial charge in [0.15, 0.2) is 5.65 Å². The molecule has 0 saturated heterocycles. The highest BCUT2D eigenvalue weighted by Crippen LogP contribution is 2.40. The minimum absolute atomic E-state index is 0.0686. The van der Waals surface area contributed by atoms with Crippen molar-refractivity contribution in [1.82, 2.24) is 19.7 Å². The lowest BCUT2D eigenvalue weighted by molar-refractivity contribution is 0.0781. The lowest BCUT2D eigenvalue weighted by Crippen LogP contribution is -2.30. The quantitative estimate of drug-likeness (QED) is 0.872. The number of nitrogens with zero attached hydrogens (tertiary/aromatic N) is 4. The number of hydrogen-bond donors (Lipinski definition) is 0. The summed E-state index contributed by atoms with van der Waals surface area (Å²) in [6, 6.07) is 1.99. The summed E-state index contributed by atoms with van der Waals surface area (Å²) in [7, 11) is 3.77. The maximum Gasteiger partial charge on any atom is 0.254 e. The Morgan fingerprint density at radius 1 is 1.45 bits per heavy atom. The van der Waals surface area contributed by atoms with Gasteiger partial charge >= 0.3 is 0 Å². The molecular formula is C17H24N4O. The number of aromatic nitrogens is 3. The van der Waals surface area contributed by atoms with Crippen LogP contribution in [0.4, 0.5) is 0 Å². The van der Waals surface area contributed by atoms with Gasteiger partial charge in [-0.2, -0.15) is 5.10 Å². The number of hydrogen-bond acceptors (Lipinski definition) is 3. The average molecular weight is 300 g/mol. The first-order valence-corrected chi connectivity index (χ1v) is 7.98. The highest BCUT2D eigenvalue weighted by atomic mass is 16.2. The summed E-state index contributed by atoms with van der Waals surface area (Å²) in [5, 5.41) is 5.35. The van der Waals surface area contributed by atoms with Crippen LogP contribution >= 0.6 is 0 Å². The molecule has 1 fully saturated rings. The molecule has 5 nitrogen and oxygen atoms in total. The highest BCUT2D eigenvalue weighted by Gasteiger charge is 2.29. The molecule has 1 aliphatic rings. The second-order valence-corrected chi connectivity index (χ2v) is 6.86. The molecule has 0 atom stereocenters. The van der Waals surface area contributed by atoms with Crippen LogP contribution in [0.5, 0.6) is 0 Å². The lowest BCUT2D eigenvalue weighted by Gasteiger charge is -2.20. The van der Waals surface area contributed by atoms with Crippen LogP contribution < -0.4 is 0 Å². The Morgan fingerprint density at radius 2 is 2.14 bits per heavy atom. The molecule has 1 saturated carbocycles. The summed E-state index contributed by atoms with van der Waals surface area (Å²) in [6.45, 7) is 6.94. The number of fused-ring (bicyclic) bond motifs is 1. The van der Waals surface area contributed by atoms with E-state index in [0.717, 1.165) is 34.5 Å². The predicted molar refractivity (Wildman–Crippen MR) is 87.0 cm³/mol. The first-order chi connectivity index (χ1) is 10.4. The molecule has 1 amide bonds. The molecule has 118 valence electrons. The number of amides is 1. The summed E-state index contributed by atoms with van der Waals surface area (Å²) < 4.78 is 1.79. The van der Waals surface area contributed by atoms with E-state index in [4.69, 9.17) is 4.98 Å². The van der Waals surface area contributed by atoms with Gasteiger partial charge in [0, 0.05) is 32.3 Å². The standard InChI is InChI=1S/C17H24N4O/c1-10(2)9-20(4)17(22)13-8-14(12-6-7-12)18-16-15(13)11(3)19-21(16)5/h8,10,12H,6-7,9H2,1-5H3. The molecule has 5 heteroatoms. The van der Waals surface area contributed by atoms with Gasteiger partial charge in [0.05, 0.1) is 16.6 Å². The molecule has 22 heavy (non-hydrogen) atoms. The van der Waals surface area contributed by atoms with Crippen molar-refractivity contribution in [3.8, 4) is 0 Å². The Kier molecular flexibility index (Phi) is 3.67. The van der Waals surface area contributed by atoms with Gasteiger partial charge in [-0.3, -0.25) is 9.48 Å². The van der Waals surface area contributed by atoms with E-state index >= 15 is 0 Å². The maximum absolute atomic E-state index is 12.9. The molecule has 0 bridgehead atoms. The van der Waals surface area contributed by atoms with E-state index in [0.29, 0.717) is 11.8 Å². The molecule has 3 rings (SSSR count). The molecule has 0 unspecified atom stereocenters. The second-order valence-electron chi connectivity index (χ2n) is 6.86. The zero-order valence-electron chi connectivity index (χ0n) is 14.1. The number of carbonyl (C=O) groups is 1. The number of aryl methyl sites for hydroxylation is 2. The third-order valence-corrected chi connectivity index (χ3v) is 4.20. The normalized spacial score (nSPS) is 14.8. The summed E-state index contributed by atoms with van der Waals surface area (Å²) in [6.07, 6.45) is 2.34. The van der Waals surface area contributed by atoms with Crippen molar-refractivity contribution in [2.24, 2.45) is 13.0 Å². The van der Waals surface area contributed by atoms with Crippen molar-refractivity contribution in [2.45, 2.75) is 39.5 Å². The van der Waals surface area contributed by atoms with E-state index in [1.807, 2.05) is 32.0 Å². The predicted octanol–water partition coefficient (Wildman–Crippen LogP) is 2.88. The minimum Gasteiger partial charge on any atom is -0.341 e. The first kappa shape index (κ1) is 15.0. The zero-order chi connectivity index (χ0) is 16.0. The van der Waals surface area contributed by atoms with E-state index in [1.165, 1.54) is 12.8 Å². The molecule has 0 aliphatic heterocycles. The molecule has 0 N–H and O–H groups in total. The number of pyridine rings is 1. The molecule has 0 aromatic carbocycles. The Hall–Kier alpha value is -1.91. The fourth-order valence-electron chi connectivity index (χ4n) is 3.06. The molecule has 0 radical (unpaired) electrons. The third kappa shape index (κ3) is 2.60. The third-order valence-electron chi connectivity index (χ3n) is 4.20. The smallest absolute Gasteiger partial charge is 0.254 e. The molecule has 2 aromatic heterocycles. The van der Waals surface area contributed by atoms with E-state index in [-0.39, 0.29) is 5.91 Å². The van der Waals surface area contributed by atoms with Gasteiger partial charge in [0.2, 0.25) is 0 Å². The first-order valence-electron chi connectivity index (χ1n) is 7.98. The highest BCUT2D eigenvalue weighted by molar-refractivity contribution is 6.06. The molecule has 0 spiro atoms. The van der Waals surface area contributed by atoms with Crippen LogP contribution in [-0.4, -0.2) is 39.2 Å². The second kappa shape index (κ2) is 5.38. The monoisotopic (exact) mass is 300 g/mol. The number of rotatable bonds is 4. The van der Waals surface area contributed by atoms with Crippen LogP contribution in [0.15, 0.2) is 6.07 Å². The van der Waals surface area contributed by atoms with Crippen molar-refractivity contribution in [2.75, 3.05) is 13.6 Å². The summed E-state index contributed by atoms with van der Waals surface area (Å²) in [5.74, 6) is 1.03. The fourth-order valence-corrected chi connectivity index (χ4v) is 3.06. The van der Waals surface area contributed by atoms with Gasteiger partial charge in [-0.1, -0.05) is 13.8 Å². The molecular weight excluding hydrogens is 276 g/mol. The van der Waals surface area contributed by atoms with Crippen molar-refractivity contribution in [1.29, 1.82) is 0 Å². The summed E-state index contributed by atoms with van der Waals surface area (Å²) >= 11 is 0. The van der Waals surface area contributed by atoms with Crippen molar-refractivity contribution < 1.29 is 4.79 Å². The summed E-state index contributed by atoms with van der Waals surface area (Å²) in [5.41, 5.74) is 3.48. The average Bonchev–Trinajstić information content (AvgIpc) is 3.24. The Morgan fingerprint density at radius 3 is 2.73 bits per heavy atom. The van der Waals surface area contributed by atoms with Gasteiger partial charge in [-0.25, -0.2) is 4.98 Å². The Labute approximate surface area is 131 Å². The van der Waals surface area contributed by atoms with Gasteiger partial charge in [0.25, 0.3) is 5.91 Å². The van der Waals surface area contributed by atoms with Crippen molar-refractivity contribution in [3.63, 3.8) is 0 Å². The zero-order valence-corrected chi connectivity index (χ0v) is 14.1. The van der Waals surface area contributed by atoms with E-state index in [2.05, 4.69) is 18.9 Å². The minimum atomic E-state index is 0.0686. The SMILES string of the molecule is Cc1nn(C)c2nc(C3CC3)cc(C(=O)N(C)CC(C)C)c12. The van der Waals surface area contributed by atoms with E-state index < -0.39 is 0 Å². The van der Waals surface area contributed by atoms with Gasteiger partial charge < -0.3 is 4.90 Å². The van der Waals surface area contributed by atoms with Crippen molar-refractivity contribution in [3.05, 3.63) is 23.0 Å². The van der Waals surface area contributed by atoms with Crippen LogP contribution in [0, 0.1) is 12.8 Å². The largest absolute Gasteiger partial charge is 0.341 e. The molecule has 2 heterocycles. The van der Waals surface area contributed by atoms with E-state index in [1.54, 1.807) is 4.68 Å². The van der Waals surface area contributed by atoms with Crippen LogP contribution in [0.1, 0.15) is 54.4 Å². The van der Waals surface area contributed by atoms with Crippen molar-refractivity contribution >= 4 is 16.9 Å². The van der Waals surface area contributed by atoms with Crippen LogP contribution in [-0.2, 0) is 7.05 Å². The Balaban J connectivity index is 2.12. The van der Waals surface area contributed by atoms with E-state index in [9.17, 15) is 4.79 Å². The topological polar surface area (TPSA) is 51.0 Å². The Bertz CT molecular complexity index is 728. The van der Waals surface area contributed by atoms with Gasteiger partial charge in [-0.05, 0) is 31.7 Å². The van der Waals surface area contributed by atoms with Crippen LogP contribution in [0.25, 0.3) is 11.0 Å². The van der Waals surface area contributed by atoms with Crippen LogP contribution in [0.3, 0.4) is 0 Å². The molecule has 2 aromatic rings. The molecule has 1 aliphatic carbocycles. The lowest BCUT2D eigenvalue weighted by atomic mass is 10.1.